The van der Waals surface area contributed by atoms with E-state index in [4.69, 9.17) is 0 Å². The Bertz CT molecular complexity index is 194. The summed E-state index contributed by atoms with van der Waals surface area (Å²) in [4.78, 5) is 0. The van der Waals surface area contributed by atoms with E-state index in [0.29, 0.717) is 0 Å². The fraction of sp³-hybridized carbons (Fsp3) is 0.636. The van der Waals surface area contributed by atoms with Crippen LogP contribution >= 0.6 is 7.26 Å². The molecule has 0 nitrogen and oxygen atoms in total. The Hall–Kier alpha value is 0.429. The van der Waals surface area contributed by atoms with E-state index >= 15 is 0 Å². The molecule has 0 fully saturated rings. The van der Waals surface area contributed by atoms with Crippen molar-refractivity contribution in [3.63, 3.8) is 0 Å². The fourth-order valence-electron chi connectivity index (χ4n) is 2.07. The van der Waals surface area contributed by atoms with Gasteiger partial charge in [0, 0.05) is 30.8 Å². The molecule has 2 heteroatoms. The molecule has 1 aliphatic carbocycles. The predicted molar refractivity (Wildman–Crippen MR) is 60.4 cm³/mol. The van der Waals surface area contributed by atoms with Gasteiger partial charge in [0.1, 0.15) is 0 Å². The van der Waals surface area contributed by atoms with Crippen molar-refractivity contribution >= 4 is 7.26 Å². The monoisotopic (exact) mass is 246 g/mol. The Labute approximate surface area is 93.7 Å². The van der Waals surface area contributed by atoms with Crippen molar-refractivity contribution in [2.75, 3.05) is 18.5 Å². The molecule has 0 heterocycles. The molecule has 0 aromatic carbocycles. The van der Waals surface area contributed by atoms with Crippen LogP contribution in [0.5, 0.6) is 0 Å². The Morgan fingerprint density at radius 3 is 2.00 bits per heavy atom. The van der Waals surface area contributed by atoms with Crippen LogP contribution in [0, 0.1) is 0 Å². The minimum Gasteiger partial charge on any atom is -0.0767 e. The zero-order valence-corrected chi connectivity index (χ0v) is 10.6. The standard InChI is InChI=1S/C11H20P.Cu/c1-4-12(5-2,6-3)11-9-7-8-10-11;/h7-9H,4-6,10H2,1-3H3;/q+1;. The van der Waals surface area contributed by atoms with Crippen LogP contribution < -0.4 is 0 Å². The predicted octanol–water partition coefficient (Wildman–Crippen LogP) is 3.91. The molecule has 0 spiro atoms. The first kappa shape index (κ1) is 13.4. The summed E-state index contributed by atoms with van der Waals surface area (Å²) >= 11 is 0. The minimum atomic E-state index is -0.688. The van der Waals surface area contributed by atoms with Gasteiger partial charge in [0.05, 0.1) is 23.8 Å². The Kier molecular flexibility index (Phi) is 6.21. The Morgan fingerprint density at radius 2 is 1.69 bits per heavy atom. The van der Waals surface area contributed by atoms with Gasteiger partial charge < -0.3 is 0 Å². The molecule has 0 N–H and O–H groups in total. The smallest absolute Gasteiger partial charge is 0.0752 e. The van der Waals surface area contributed by atoms with Gasteiger partial charge in [-0.3, -0.25) is 0 Å². The van der Waals surface area contributed by atoms with E-state index in [1.165, 1.54) is 24.9 Å². The van der Waals surface area contributed by atoms with Gasteiger partial charge in [-0.2, -0.15) is 0 Å². The minimum absolute atomic E-state index is 0. The number of allylic oxidation sites excluding steroid dienone is 4. The average Bonchev–Trinajstić information content (AvgIpc) is 2.62. The summed E-state index contributed by atoms with van der Waals surface area (Å²) in [7, 11) is -0.688. The van der Waals surface area contributed by atoms with Crippen molar-refractivity contribution in [3.8, 4) is 0 Å². The van der Waals surface area contributed by atoms with Crippen LogP contribution in [0.2, 0.25) is 0 Å². The fourth-order valence-corrected chi connectivity index (χ4v) is 5.52. The van der Waals surface area contributed by atoms with Gasteiger partial charge in [-0.05, 0) is 26.8 Å². The normalized spacial score (nSPS) is 15.5. The zero-order valence-electron chi connectivity index (χ0n) is 8.81. The van der Waals surface area contributed by atoms with Crippen LogP contribution in [0.25, 0.3) is 0 Å². The molecule has 0 aromatic heterocycles. The first-order valence-electron chi connectivity index (χ1n) is 5.01. The van der Waals surface area contributed by atoms with Crippen LogP contribution in [0.4, 0.5) is 0 Å². The molecular formula is C11H20CuP+. The third kappa shape index (κ3) is 2.69. The van der Waals surface area contributed by atoms with Gasteiger partial charge in [0.2, 0.25) is 0 Å². The molecule has 0 atom stereocenters. The molecule has 0 aromatic rings. The number of rotatable bonds is 4. The zero-order chi connectivity index (χ0) is 9.03. The Balaban J connectivity index is 0.00000144. The average molecular weight is 247 g/mol. The van der Waals surface area contributed by atoms with Gasteiger partial charge in [-0.15, -0.1) is 0 Å². The van der Waals surface area contributed by atoms with E-state index in [2.05, 4.69) is 39.0 Å². The van der Waals surface area contributed by atoms with Crippen molar-refractivity contribution < 1.29 is 17.1 Å². The summed E-state index contributed by atoms with van der Waals surface area (Å²) in [5.41, 5.74) is 0. The topological polar surface area (TPSA) is 0 Å². The SMILES string of the molecule is CC[P+](CC)(CC)C1=CC=CC1.[Cu]. The summed E-state index contributed by atoms with van der Waals surface area (Å²) < 4.78 is 0. The van der Waals surface area contributed by atoms with Crippen LogP contribution in [0.15, 0.2) is 23.5 Å². The van der Waals surface area contributed by atoms with E-state index in [1.54, 1.807) is 5.31 Å². The molecule has 1 aliphatic rings. The maximum absolute atomic E-state index is 2.37. The second kappa shape index (κ2) is 6.02. The van der Waals surface area contributed by atoms with Gasteiger partial charge in [0.15, 0.2) is 0 Å². The van der Waals surface area contributed by atoms with Crippen LogP contribution in [0.3, 0.4) is 0 Å². The molecular weight excluding hydrogens is 227 g/mol. The van der Waals surface area contributed by atoms with Crippen LogP contribution in [-0.4, -0.2) is 18.5 Å². The quantitative estimate of drug-likeness (QED) is 0.521. The third-order valence-corrected chi connectivity index (χ3v) is 8.36. The largest absolute Gasteiger partial charge is 0.0767 e. The Morgan fingerprint density at radius 1 is 1.15 bits per heavy atom. The van der Waals surface area contributed by atoms with E-state index in [0.717, 1.165) is 0 Å². The van der Waals surface area contributed by atoms with Crippen LogP contribution in [-0.2, 0) is 17.1 Å². The molecule has 13 heavy (non-hydrogen) atoms. The van der Waals surface area contributed by atoms with Gasteiger partial charge >= 0.3 is 0 Å². The first-order chi connectivity index (χ1) is 5.79. The molecule has 0 amide bonds. The number of hydrogen-bond donors (Lipinski definition) is 0. The molecule has 0 saturated carbocycles. The molecule has 0 bridgehead atoms. The number of hydrogen-bond acceptors (Lipinski definition) is 0. The molecule has 0 aliphatic heterocycles. The first-order valence-corrected chi connectivity index (χ1v) is 7.36. The summed E-state index contributed by atoms with van der Waals surface area (Å²) in [6.07, 6.45) is 12.3. The molecule has 1 radical (unpaired) electrons. The van der Waals surface area contributed by atoms with Gasteiger partial charge in [-0.25, -0.2) is 0 Å². The molecule has 79 valence electrons. The van der Waals surface area contributed by atoms with Gasteiger partial charge in [0.25, 0.3) is 0 Å². The van der Waals surface area contributed by atoms with Crippen molar-refractivity contribution in [1.29, 1.82) is 0 Å². The maximum atomic E-state index is 2.37. The van der Waals surface area contributed by atoms with E-state index in [9.17, 15) is 0 Å². The summed E-state index contributed by atoms with van der Waals surface area (Å²) in [5.74, 6) is 0. The second-order valence-electron chi connectivity index (χ2n) is 3.38. The molecule has 0 saturated heterocycles. The van der Waals surface area contributed by atoms with Crippen molar-refractivity contribution in [2.45, 2.75) is 27.2 Å². The van der Waals surface area contributed by atoms with E-state index in [-0.39, 0.29) is 17.1 Å². The van der Waals surface area contributed by atoms with Crippen molar-refractivity contribution in [2.24, 2.45) is 0 Å². The van der Waals surface area contributed by atoms with Crippen LogP contribution in [0.1, 0.15) is 27.2 Å². The van der Waals surface area contributed by atoms with Gasteiger partial charge in [-0.1, -0.05) is 12.2 Å². The maximum Gasteiger partial charge on any atom is 0.0752 e. The van der Waals surface area contributed by atoms with Crippen molar-refractivity contribution in [1.82, 2.24) is 0 Å². The summed E-state index contributed by atoms with van der Waals surface area (Å²) in [6.45, 7) is 7.08. The third-order valence-electron chi connectivity index (χ3n) is 3.18. The van der Waals surface area contributed by atoms with E-state index < -0.39 is 7.26 Å². The second-order valence-corrected chi connectivity index (χ2v) is 8.15. The van der Waals surface area contributed by atoms with E-state index in [1.807, 2.05) is 0 Å². The molecule has 0 unspecified atom stereocenters. The molecule has 1 rings (SSSR count). The van der Waals surface area contributed by atoms with Crippen molar-refractivity contribution in [3.05, 3.63) is 23.5 Å². The summed E-state index contributed by atoms with van der Waals surface area (Å²) in [6, 6.07) is 0. The summed E-state index contributed by atoms with van der Waals surface area (Å²) in [5, 5.41) is 1.76.